The predicted molar refractivity (Wildman–Crippen MR) is 91.1 cm³/mol. The first-order valence-corrected chi connectivity index (χ1v) is 7.92. The van der Waals surface area contributed by atoms with Gasteiger partial charge in [0.15, 0.2) is 5.76 Å². The highest BCUT2D eigenvalue weighted by atomic mass is 19.4. The molecule has 2 aromatic carbocycles. The highest BCUT2D eigenvalue weighted by Crippen LogP contribution is 2.29. The van der Waals surface area contributed by atoms with Crippen molar-refractivity contribution in [2.45, 2.75) is 12.7 Å². The van der Waals surface area contributed by atoms with Crippen LogP contribution in [0.3, 0.4) is 0 Å². The summed E-state index contributed by atoms with van der Waals surface area (Å²) in [5.41, 5.74) is 0.563. The van der Waals surface area contributed by atoms with E-state index in [-0.39, 0.29) is 12.1 Å². The van der Waals surface area contributed by atoms with Crippen LogP contribution in [0.2, 0.25) is 0 Å². The van der Waals surface area contributed by atoms with Gasteiger partial charge in [-0.15, -0.1) is 0 Å². The minimum absolute atomic E-state index is 0.0767. The zero-order valence-electron chi connectivity index (χ0n) is 14.2. The Morgan fingerprint density at radius 3 is 2.56 bits per heavy atom. The van der Waals surface area contributed by atoms with Crippen LogP contribution in [0.15, 0.2) is 59.1 Å². The number of carbonyl (C=O) groups excluding carboxylic acids is 1. The Bertz CT molecular complexity index is 934. The molecular weight excluding hydrogens is 361 g/mol. The van der Waals surface area contributed by atoms with Gasteiger partial charge >= 0.3 is 6.18 Å². The van der Waals surface area contributed by atoms with Crippen LogP contribution >= 0.6 is 0 Å². The number of methoxy groups -OCH3 is 1. The Morgan fingerprint density at radius 2 is 1.89 bits per heavy atom. The number of aromatic nitrogens is 1. The highest BCUT2D eigenvalue weighted by molar-refractivity contribution is 5.94. The van der Waals surface area contributed by atoms with Gasteiger partial charge in [0.1, 0.15) is 11.4 Å². The first-order chi connectivity index (χ1) is 12.9. The molecule has 0 aliphatic rings. The maximum atomic E-state index is 12.6. The van der Waals surface area contributed by atoms with Crippen molar-refractivity contribution in [1.29, 1.82) is 0 Å². The van der Waals surface area contributed by atoms with Crippen LogP contribution in [-0.4, -0.2) is 18.2 Å². The van der Waals surface area contributed by atoms with Gasteiger partial charge in [-0.2, -0.15) is 13.2 Å². The molecular formula is C19H15F3N2O3. The summed E-state index contributed by atoms with van der Waals surface area (Å²) in [5, 5.41) is 6.47. The predicted octanol–water partition coefficient (Wildman–Crippen LogP) is 4.30. The van der Waals surface area contributed by atoms with Crippen LogP contribution in [-0.2, 0) is 12.7 Å². The van der Waals surface area contributed by atoms with Crippen molar-refractivity contribution in [3.8, 4) is 17.1 Å². The van der Waals surface area contributed by atoms with Gasteiger partial charge in [-0.3, -0.25) is 4.79 Å². The third kappa shape index (κ3) is 4.46. The Labute approximate surface area is 152 Å². The number of carbonyl (C=O) groups is 1. The number of hydrogen-bond donors (Lipinski definition) is 1. The summed E-state index contributed by atoms with van der Waals surface area (Å²) in [4.78, 5) is 12.1. The van der Waals surface area contributed by atoms with Crippen LogP contribution in [0.5, 0.6) is 5.75 Å². The number of hydrogen-bond acceptors (Lipinski definition) is 4. The van der Waals surface area contributed by atoms with E-state index in [1.54, 1.807) is 25.3 Å². The normalized spacial score (nSPS) is 11.3. The summed E-state index contributed by atoms with van der Waals surface area (Å²) in [7, 11) is 1.56. The topological polar surface area (TPSA) is 64.4 Å². The van der Waals surface area contributed by atoms with E-state index in [1.165, 1.54) is 0 Å². The van der Waals surface area contributed by atoms with Gasteiger partial charge in [0.25, 0.3) is 5.91 Å². The molecule has 0 spiro atoms. The molecule has 1 aromatic heterocycles. The van der Waals surface area contributed by atoms with Crippen LogP contribution in [0, 0.1) is 0 Å². The van der Waals surface area contributed by atoms with Gasteiger partial charge in [0.2, 0.25) is 0 Å². The second-order valence-electron chi connectivity index (χ2n) is 5.67. The van der Waals surface area contributed by atoms with Crippen molar-refractivity contribution >= 4 is 5.91 Å². The second kappa shape index (κ2) is 7.53. The van der Waals surface area contributed by atoms with E-state index in [9.17, 15) is 18.0 Å². The summed E-state index contributed by atoms with van der Waals surface area (Å²) < 4.78 is 48.1. The number of amides is 1. The average Bonchev–Trinajstić information content (AvgIpc) is 3.14. The van der Waals surface area contributed by atoms with Gasteiger partial charge < -0.3 is 14.6 Å². The quantitative estimate of drug-likeness (QED) is 0.721. The fourth-order valence-corrected chi connectivity index (χ4v) is 2.39. The standard InChI is InChI=1S/C19H15F3N2O3/c1-26-16-4-2-3-13(9-16)17-10-15(24-27-17)11-23-18(25)12-5-7-14(8-6-12)19(20,21)22/h2-10H,11H2,1H3,(H,23,25). The van der Waals surface area contributed by atoms with Crippen LogP contribution in [0.1, 0.15) is 21.6 Å². The monoisotopic (exact) mass is 376 g/mol. The van der Waals surface area contributed by atoms with Gasteiger partial charge in [-0.1, -0.05) is 17.3 Å². The first-order valence-electron chi connectivity index (χ1n) is 7.92. The Morgan fingerprint density at radius 1 is 1.15 bits per heavy atom. The smallest absolute Gasteiger partial charge is 0.416 e. The zero-order chi connectivity index (χ0) is 19.4. The van der Waals surface area contributed by atoms with Gasteiger partial charge in [-0.25, -0.2) is 0 Å². The molecule has 8 heteroatoms. The fourth-order valence-electron chi connectivity index (χ4n) is 2.39. The van der Waals surface area contributed by atoms with Crippen LogP contribution < -0.4 is 10.1 Å². The molecule has 1 heterocycles. The van der Waals surface area contributed by atoms with Crippen LogP contribution in [0.25, 0.3) is 11.3 Å². The summed E-state index contributed by atoms with van der Waals surface area (Å²) in [6.07, 6.45) is -4.44. The van der Waals surface area contributed by atoms with E-state index < -0.39 is 17.6 Å². The largest absolute Gasteiger partial charge is 0.497 e. The molecule has 0 unspecified atom stereocenters. The minimum atomic E-state index is -4.44. The zero-order valence-corrected chi connectivity index (χ0v) is 14.2. The number of nitrogens with zero attached hydrogens (tertiary/aromatic N) is 1. The van der Waals surface area contributed by atoms with E-state index in [0.29, 0.717) is 17.2 Å². The second-order valence-corrected chi connectivity index (χ2v) is 5.67. The third-order valence-corrected chi connectivity index (χ3v) is 3.82. The van der Waals surface area contributed by atoms with Crippen molar-refractivity contribution < 1.29 is 27.2 Å². The van der Waals surface area contributed by atoms with Gasteiger partial charge in [-0.05, 0) is 36.4 Å². The molecule has 0 atom stereocenters. The maximum absolute atomic E-state index is 12.6. The van der Waals surface area contributed by atoms with Crippen molar-refractivity contribution in [2.75, 3.05) is 7.11 Å². The molecule has 0 saturated carbocycles. The SMILES string of the molecule is COc1cccc(-c2cc(CNC(=O)c3ccc(C(F)(F)F)cc3)no2)c1. The lowest BCUT2D eigenvalue weighted by Gasteiger charge is -2.07. The Balaban J connectivity index is 1.63. The molecule has 0 radical (unpaired) electrons. The number of nitrogens with one attached hydrogen (secondary N) is 1. The van der Waals surface area contributed by atoms with E-state index in [1.807, 2.05) is 12.1 Å². The molecule has 5 nitrogen and oxygen atoms in total. The molecule has 0 bridgehead atoms. The highest BCUT2D eigenvalue weighted by Gasteiger charge is 2.30. The summed E-state index contributed by atoms with van der Waals surface area (Å²) in [6.45, 7) is 0.0767. The molecule has 0 fully saturated rings. The van der Waals surface area contributed by atoms with E-state index >= 15 is 0 Å². The summed E-state index contributed by atoms with van der Waals surface area (Å²) in [5.74, 6) is 0.670. The van der Waals surface area contributed by atoms with Crippen molar-refractivity contribution in [2.24, 2.45) is 0 Å². The molecule has 27 heavy (non-hydrogen) atoms. The van der Waals surface area contributed by atoms with E-state index in [2.05, 4.69) is 10.5 Å². The Kier molecular flexibility index (Phi) is 5.16. The number of benzene rings is 2. The molecule has 0 aliphatic heterocycles. The molecule has 0 aliphatic carbocycles. The first kappa shape index (κ1) is 18.5. The number of rotatable bonds is 5. The number of alkyl halides is 3. The van der Waals surface area contributed by atoms with E-state index in [4.69, 9.17) is 9.26 Å². The molecule has 1 amide bonds. The lowest BCUT2D eigenvalue weighted by Crippen LogP contribution is -2.23. The molecule has 1 N–H and O–H groups in total. The lowest BCUT2D eigenvalue weighted by molar-refractivity contribution is -0.137. The average molecular weight is 376 g/mol. The van der Waals surface area contributed by atoms with Crippen LogP contribution in [0.4, 0.5) is 13.2 Å². The number of ether oxygens (including phenoxy) is 1. The summed E-state index contributed by atoms with van der Waals surface area (Å²) >= 11 is 0. The third-order valence-electron chi connectivity index (χ3n) is 3.82. The minimum Gasteiger partial charge on any atom is -0.497 e. The van der Waals surface area contributed by atoms with Crippen molar-refractivity contribution in [3.63, 3.8) is 0 Å². The van der Waals surface area contributed by atoms with Gasteiger partial charge in [0, 0.05) is 17.2 Å². The molecule has 140 valence electrons. The Hall–Kier alpha value is -3.29. The lowest BCUT2D eigenvalue weighted by atomic mass is 10.1. The summed E-state index contributed by atoms with van der Waals surface area (Å²) in [6, 6.07) is 12.9. The fraction of sp³-hybridized carbons (Fsp3) is 0.158. The molecule has 3 rings (SSSR count). The van der Waals surface area contributed by atoms with Gasteiger partial charge in [0.05, 0.1) is 19.2 Å². The van der Waals surface area contributed by atoms with Crippen molar-refractivity contribution in [3.05, 3.63) is 71.4 Å². The molecule has 3 aromatic rings. The maximum Gasteiger partial charge on any atom is 0.416 e. The van der Waals surface area contributed by atoms with Crippen molar-refractivity contribution in [1.82, 2.24) is 10.5 Å². The van der Waals surface area contributed by atoms with E-state index in [0.717, 1.165) is 29.8 Å². The molecule has 0 saturated heterocycles. The number of halogens is 3.